The van der Waals surface area contributed by atoms with Crippen molar-refractivity contribution < 1.29 is 22.7 Å². The zero-order chi connectivity index (χ0) is 29.4. The fraction of sp³-hybridized carbons (Fsp3) is 0.129. The topological polar surface area (TPSA) is 117 Å². The van der Waals surface area contributed by atoms with E-state index in [4.69, 9.17) is 4.74 Å². The SMILES string of the molecule is COc1ccc(C)cc1N(CC(=O)N/N=C(/C)c1cccc(NC(=O)c2ccccc2)c1)S(=O)(=O)c1ccccc1. The highest BCUT2D eigenvalue weighted by molar-refractivity contribution is 7.92. The van der Waals surface area contributed by atoms with Crippen LogP contribution in [0.3, 0.4) is 0 Å². The summed E-state index contributed by atoms with van der Waals surface area (Å²) in [4.78, 5) is 25.6. The summed E-state index contributed by atoms with van der Waals surface area (Å²) in [5, 5.41) is 7.03. The number of aryl methyl sites for hydroxylation is 1. The molecule has 4 aromatic carbocycles. The van der Waals surface area contributed by atoms with Crippen LogP contribution in [0.25, 0.3) is 0 Å². The maximum atomic E-state index is 13.7. The molecule has 10 heteroatoms. The quantitative estimate of drug-likeness (QED) is 0.206. The van der Waals surface area contributed by atoms with Gasteiger partial charge in [-0.2, -0.15) is 5.10 Å². The van der Waals surface area contributed by atoms with Gasteiger partial charge in [-0.05, 0) is 73.5 Å². The molecule has 41 heavy (non-hydrogen) atoms. The van der Waals surface area contributed by atoms with E-state index in [1.165, 1.54) is 19.2 Å². The molecule has 0 spiro atoms. The highest BCUT2D eigenvalue weighted by Gasteiger charge is 2.29. The Labute approximate surface area is 239 Å². The Balaban J connectivity index is 1.54. The molecule has 210 valence electrons. The van der Waals surface area contributed by atoms with E-state index in [1.54, 1.807) is 91.9 Å². The van der Waals surface area contributed by atoms with E-state index in [-0.39, 0.29) is 16.5 Å². The van der Waals surface area contributed by atoms with Crippen molar-refractivity contribution in [2.75, 3.05) is 23.3 Å². The molecule has 0 fully saturated rings. The number of anilines is 2. The molecule has 4 aromatic rings. The maximum absolute atomic E-state index is 13.7. The number of carbonyl (C=O) groups is 2. The van der Waals surface area contributed by atoms with E-state index in [9.17, 15) is 18.0 Å². The summed E-state index contributed by atoms with van der Waals surface area (Å²) in [5.74, 6) is -0.602. The molecule has 0 bridgehead atoms. The van der Waals surface area contributed by atoms with Gasteiger partial charge in [0.15, 0.2) is 0 Å². The third-order valence-corrected chi connectivity index (χ3v) is 7.92. The number of benzene rings is 4. The van der Waals surface area contributed by atoms with Gasteiger partial charge in [-0.25, -0.2) is 13.8 Å². The van der Waals surface area contributed by atoms with Gasteiger partial charge < -0.3 is 10.1 Å². The lowest BCUT2D eigenvalue weighted by molar-refractivity contribution is -0.119. The van der Waals surface area contributed by atoms with Crippen LogP contribution < -0.4 is 19.8 Å². The van der Waals surface area contributed by atoms with Gasteiger partial charge in [-0.15, -0.1) is 0 Å². The van der Waals surface area contributed by atoms with Crippen molar-refractivity contribution in [2.45, 2.75) is 18.7 Å². The summed E-state index contributed by atoms with van der Waals surface area (Å²) in [6.07, 6.45) is 0. The van der Waals surface area contributed by atoms with Gasteiger partial charge in [0.1, 0.15) is 12.3 Å². The van der Waals surface area contributed by atoms with E-state index in [1.807, 2.05) is 13.0 Å². The van der Waals surface area contributed by atoms with Crippen molar-refractivity contribution in [3.63, 3.8) is 0 Å². The second-order valence-electron chi connectivity index (χ2n) is 9.13. The van der Waals surface area contributed by atoms with Gasteiger partial charge in [-0.3, -0.25) is 13.9 Å². The fourth-order valence-corrected chi connectivity index (χ4v) is 5.45. The lowest BCUT2D eigenvalue weighted by Crippen LogP contribution is -2.40. The summed E-state index contributed by atoms with van der Waals surface area (Å²) in [6, 6.07) is 28.8. The summed E-state index contributed by atoms with van der Waals surface area (Å²) in [5.41, 5.74) is 5.68. The predicted molar refractivity (Wildman–Crippen MR) is 160 cm³/mol. The number of carbonyl (C=O) groups excluding carboxylic acids is 2. The van der Waals surface area contributed by atoms with Crippen LogP contribution in [0.4, 0.5) is 11.4 Å². The minimum Gasteiger partial charge on any atom is -0.495 e. The number of rotatable bonds is 10. The fourth-order valence-electron chi connectivity index (χ4n) is 4.01. The summed E-state index contributed by atoms with van der Waals surface area (Å²) in [6.45, 7) is 2.97. The Morgan fingerprint density at radius 2 is 1.51 bits per heavy atom. The predicted octanol–water partition coefficient (Wildman–Crippen LogP) is 4.99. The molecule has 0 aliphatic carbocycles. The molecule has 0 saturated carbocycles. The molecule has 0 heterocycles. The number of nitrogens with zero attached hydrogens (tertiary/aromatic N) is 2. The Morgan fingerprint density at radius 1 is 0.854 bits per heavy atom. The number of ether oxygens (including phenoxy) is 1. The van der Waals surface area contributed by atoms with Gasteiger partial charge in [0, 0.05) is 11.3 Å². The smallest absolute Gasteiger partial charge is 0.264 e. The molecule has 0 aliphatic heterocycles. The van der Waals surface area contributed by atoms with E-state index >= 15 is 0 Å². The molecule has 0 atom stereocenters. The number of hydrogen-bond donors (Lipinski definition) is 2. The molecule has 0 unspecified atom stereocenters. The minimum absolute atomic E-state index is 0.0328. The van der Waals surface area contributed by atoms with Gasteiger partial charge >= 0.3 is 0 Å². The van der Waals surface area contributed by atoms with Gasteiger partial charge in [0.05, 0.1) is 23.4 Å². The second kappa shape index (κ2) is 12.9. The molecule has 2 amide bonds. The summed E-state index contributed by atoms with van der Waals surface area (Å²) in [7, 11) is -2.69. The Kier molecular flexibility index (Phi) is 9.15. The first kappa shape index (κ1) is 29.0. The summed E-state index contributed by atoms with van der Waals surface area (Å²) >= 11 is 0. The van der Waals surface area contributed by atoms with Crippen LogP contribution in [-0.4, -0.2) is 39.6 Å². The normalized spacial score (nSPS) is 11.4. The van der Waals surface area contributed by atoms with Gasteiger partial charge in [0.25, 0.3) is 21.8 Å². The van der Waals surface area contributed by atoms with E-state index in [0.717, 1.165) is 9.87 Å². The van der Waals surface area contributed by atoms with E-state index < -0.39 is 22.5 Å². The number of sulfonamides is 1. The van der Waals surface area contributed by atoms with Crippen molar-refractivity contribution in [3.8, 4) is 5.75 Å². The number of amides is 2. The van der Waals surface area contributed by atoms with Crippen LogP contribution >= 0.6 is 0 Å². The Morgan fingerprint density at radius 3 is 2.20 bits per heavy atom. The standard InChI is InChI=1S/C31H30N4O5S/c1-22-17-18-29(40-3)28(19-22)35(41(38,39)27-15-8-5-9-16-27)21-30(36)34-33-23(2)25-13-10-14-26(20-25)32-31(37)24-11-6-4-7-12-24/h4-20H,21H2,1-3H3,(H,32,37)(H,34,36)/b33-23-. The van der Waals surface area contributed by atoms with Crippen LogP contribution in [0.2, 0.25) is 0 Å². The first-order valence-electron chi connectivity index (χ1n) is 12.7. The number of methoxy groups -OCH3 is 1. The molecular formula is C31H30N4O5S. The Hall–Kier alpha value is -4.96. The van der Waals surface area contributed by atoms with Crippen LogP contribution in [0.5, 0.6) is 5.75 Å². The molecule has 2 N–H and O–H groups in total. The van der Waals surface area contributed by atoms with E-state index in [2.05, 4.69) is 15.8 Å². The number of hydrogen-bond acceptors (Lipinski definition) is 6. The van der Waals surface area contributed by atoms with Crippen LogP contribution in [-0.2, 0) is 14.8 Å². The van der Waals surface area contributed by atoms with Crippen molar-refractivity contribution in [2.24, 2.45) is 5.10 Å². The van der Waals surface area contributed by atoms with Crippen molar-refractivity contribution in [1.29, 1.82) is 0 Å². The molecule has 0 aromatic heterocycles. The second-order valence-corrected chi connectivity index (χ2v) is 11.0. The lowest BCUT2D eigenvalue weighted by atomic mass is 10.1. The van der Waals surface area contributed by atoms with Crippen molar-refractivity contribution in [1.82, 2.24) is 5.43 Å². The molecule has 0 saturated heterocycles. The Bertz CT molecular complexity index is 1670. The van der Waals surface area contributed by atoms with Crippen molar-refractivity contribution in [3.05, 3.63) is 120 Å². The van der Waals surface area contributed by atoms with Crippen LogP contribution in [0, 0.1) is 6.92 Å². The van der Waals surface area contributed by atoms with E-state index in [0.29, 0.717) is 28.3 Å². The maximum Gasteiger partial charge on any atom is 0.264 e. The lowest BCUT2D eigenvalue weighted by Gasteiger charge is -2.25. The molecular weight excluding hydrogens is 540 g/mol. The van der Waals surface area contributed by atoms with Crippen molar-refractivity contribution >= 4 is 38.9 Å². The zero-order valence-electron chi connectivity index (χ0n) is 22.9. The van der Waals surface area contributed by atoms with Crippen LogP contribution in [0.1, 0.15) is 28.4 Å². The third kappa shape index (κ3) is 7.17. The molecule has 4 rings (SSSR count). The largest absolute Gasteiger partial charge is 0.495 e. The third-order valence-electron chi connectivity index (χ3n) is 6.14. The average molecular weight is 571 g/mol. The number of nitrogens with one attached hydrogen (secondary N) is 2. The average Bonchev–Trinajstić information content (AvgIpc) is 2.99. The molecule has 0 aliphatic rings. The van der Waals surface area contributed by atoms with Gasteiger partial charge in [-0.1, -0.05) is 54.6 Å². The minimum atomic E-state index is -4.13. The highest BCUT2D eigenvalue weighted by atomic mass is 32.2. The molecule has 9 nitrogen and oxygen atoms in total. The highest BCUT2D eigenvalue weighted by Crippen LogP contribution is 2.33. The monoisotopic (exact) mass is 570 g/mol. The summed E-state index contributed by atoms with van der Waals surface area (Å²) < 4.78 is 33.7. The first-order chi connectivity index (χ1) is 19.7. The van der Waals surface area contributed by atoms with Gasteiger partial charge in [0.2, 0.25) is 0 Å². The molecule has 0 radical (unpaired) electrons. The first-order valence-corrected chi connectivity index (χ1v) is 14.2. The zero-order valence-corrected chi connectivity index (χ0v) is 23.7. The van der Waals surface area contributed by atoms with Crippen LogP contribution in [0.15, 0.2) is 113 Å². The number of hydrazone groups is 1.